The van der Waals surface area contributed by atoms with Crippen LogP contribution in [0.1, 0.15) is 19.8 Å². The highest BCUT2D eigenvalue weighted by molar-refractivity contribution is 7.22. The van der Waals surface area contributed by atoms with Crippen molar-refractivity contribution in [3.63, 3.8) is 0 Å². The lowest BCUT2D eigenvalue weighted by Gasteiger charge is -2.39. The molecule has 0 radical (unpaired) electrons. The first kappa shape index (κ1) is 15.0. The quantitative estimate of drug-likeness (QED) is 0.908. The largest absolute Gasteiger partial charge is 0.341 e. The summed E-state index contributed by atoms with van der Waals surface area (Å²) in [6.45, 7) is 5.04. The van der Waals surface area contributed by atoms with Gasteiger partial charge < -0.3 is 16.0 Å². The monoisotopic (exact) mass is 324 g/mol. The number of aromatic nitrogens is 1. The van der Waals surface area contributed by atoms with Gasteiger partial charge in [-0.3, -0.25) is 0 Å². The minimum absolute atomic E-state index is 0.179. The number of nitrogens with one attached hydrogen (secondary N) is 1. The summed E-state index contributed by atoms with van der Waals surface area (Å²) in [4.78, 5) is 7.14. The van der Waals surface area contributed by atoms with Crippen LogP contribution in [-0.2, 0) is 0 Å². The summed E-state index contributed by atoms with van der Waals surface area (Å²) in [6.07, 6.45) is 2.15. The maximum Gasteiger partial charge on any atom is 0.186 e. The van der Waals surface area contributed by atoms with Crippen LogP contribution in [0.15, 0.2) is 18.2 Å². The summed E-state index contributed by atoms with van der Waals surface area (Å²) in [7, 11) is 0. The van der Waals surface area contributed by atoms with Gasteiger partial charge in [0.25, 0.3) is 0 Å². The van der Waals surface area contributed by atoms with E-state index >= 15 is 0 Å². The van der Waals surface area contributed by atoms with Crippen LogP contribution in [0.2, 0.25) is 5.02 Å². The molecule has 3 N–H and O–H groups in total. The van der Waals surface area contributed by atoms with Crippen LogP contribution in [0.3, 0.4) is 0 Å². The molecular weight excluding hydrogens is 304 g/mol. The topological polar surface area (TPSA) is 54.2 Å². The predicted octanol–water partition coefficient (Wildman–Crippen LogP) is 2.86. The van der Waals surface area contributed by atoms with Crippen molar-refractivity contribution >= 4 is 38.3 Å². The minimum atomic E-state index is 0.179. The number of thiazole rings is 1. The highest BCUT2D eigenvalue weighted by atomic mass is 35.5. The van der Waals surface area contributed by atoms with Gasteiger partial charge in [0, 0.05) is 30.7 Å². The third-order valence-corrected chi connectivity index (χ3v) is 5.27. The van der Waals surface area contributed by atoms with Crippen LogP contribution in [0.4, 0.5) is 5.13 Å². The fourth-order valence-corrected chi connectivity index (χ4v) is 4.21. The summed E-state index contributed by atoms with van der Waals surface area (Å²) in [5, 5.41) is 5.27. The van der Waals surface area contributed by atoms with Gasteiger partial charge in [-0.1, -0.05) is 36.3 Å². The molecule has 0 amide bonds. The summed E-state index contributed by atoms with van der Waals surface area (Å²) in [6, 6.07) is 6.36. The molecule has 3 rings (SSSR count). The number of fused-ring (bicyclic) bond motifs is 1. The molecule has 0 aliphatic carbocycles. The van der Waals surface area contributed by atoms with Gasteiger partial charge in [-0.2, -0.15) is 0 Å². The van der Waals surface area contributed by atoms with E-state index in [1.165, 1.54) is 0 Å². The maximum atomic E-state index is 6.38. The molecule has 0 spiro atoms. The number of rotatable bonds is 4. The van der Waals surface area contributed by atoms with E-state index < -0.39 is 0 Å². The number of anilines is 1. The SMILES string of the molecule is CCCC(N)[C@H]1CNCCN1c1nc2ccc(Cl)cc2s1. The van der Waals surface area contributed by atoms with Gasteiger partial charge in [-0.15, -0.1) is 0 Å². The van der Waals surface area contributed by atoms with Crippen molar-refractivity contribution in [3.05, 3.63) is 23.2 Å². The number of halogens is 1. The van der Waals surface area contributed by atoms with Gasteiger partial charge in [0.2, 0.25) is 0 Å². The number of hydrogen-bond acceptors (Lipinski definition) is 5. The Balaban J connectivity index is 1.90. The average Bonchev–Trinajstić information content (AvgIpc) is 2.90. The van der Waals surface area contributed by atoms with Gasteiger partial charge in [0.15, 0.2) is 5.13 Å². The second-order valence-corrected chi connectivity index (χ2v) is 6.97. The second-order valence-electron chi connectivity index (χ2n) is 5.53. The standard InChI is InChI=1S/C15H21ClN4S/c1-2-3-11(17)13-9-18-6-7-20(13)15-19-12-5-4-10(16)8-14(12)21-15/h4-5,8,11,13,18H,2-3,6-7,9,17H2,1H3/t11?,13-/m1/s1. The Bertz CT molecular complexity index is 615. The molecule has 4 nitrogen and oxygen atoms in total. The third kappa shape index (κ3) is 3.16. The van der Waals surface area contributed by atoms with E-state index in [1.54, 1.807) is 11.3 Å². The van der Waals surface area contributed by atoms with E-state index in [0.717, 1.165) is 52.8 Å². The van der Waals surface area contributed by atoms with Crippen LogP contribution in [0, 0.1) is 0 Å². The highest BCUT2D eigenvalue weighted by Gasteiger charge is 2.29. The summed E-state index contributed by atoms with van der Waals surface area (Å²) >= 11 is 7.77. The van der Waals surface area contributed by atoms with Crippen molar-refractivity contribution in [2.75, 3.05) is 24.5 Å². The van der Waals surface area contributed by atoms with Gasteiger partial charge in [-0.05, 0) is 24.6 Å². The average molecular weight is 325 g/mol. The van der Waals surface area contributed by atoms with Crippen LogP contribution in [0.5, 0.6) is 0 Å². The highest BCUT2D eigenvalue weighted by Crippen LogP contribution is 2.32. The molecule has 1 fully saturated rings. The van der Waals surface area contributed by atoms with E-state index in [4.69, 9.17) is 22.3 Å². The molecule has 6 heteroatoms. The Morgan fingerprint density at radius 1 is 1.57 bits per heavy atom. The van der Waals surface area contributed by atoms with Crippen molar-refractivity contribution in [2.45, 2.75) is 31.8 Å². The summed E-state index contributed by atoms with van der Waals surface area (Å²) < 4.78 is 1.14. The molecule has 114 valence electrons. The van der Waals surface area contributed by atoms with Crippen molar-refractivity contribution in [1.29, 1.82) is 0 Å². The lowest BCUT2D eigenvalue weighted by molar-refractivity contribution is 0.398. The Morgan fingerprint density at radius 2 is 2.43 bits per heavy atom. The third-order valence-electron chi connectivity index (χ3n) is 3.98. The van der Waals surface area contributed by atoms with E-state index in [1.807, 2.05) is 18.2 Å². The molecule has 1 saturated heterocycles. The number of benzene rings is 1. The molecule has 1 unspecified atom stereocenters. The maximum absolute atomic E-state index is 6.38. The first-order valence-electron chi connectivity index (χ1n) is 7.48. The van der Waals surface area contributed by atoms with Gasteiger partial charge in [0.1, 0.15) is 0 Å². The first-order valence-corrected chi connectivity index (χ1v) is 8.67. The zero-order valence-electron chi connectivity index (χ0n) is 12.2. The Kier molecular flexibility index (Phi) is 4.64. The molecule has 2 atom stereocenters. The Labute approximate surface area is 134 Å². The normalized spacial score (nSPS) is 20.9. The molecule has 2 heterocycles. The van der Waals surface area contributed by atoms with Gasteiger partial charge in [-0.25, -0.2) is 4.98 Å². The minimum Gasteiger partial charge on any atom is -0.341 e. The molecule has 0 saturated carbocycles. The fraction of sp³-hybridized carbons (Fsp3) is 0.533. The van der Waals surface area contributed by atoms with Crippen LogP contribution in [-0.4, -0.2) is 36.7 Å². The zero-order chi connectivity index (χ0) is 14.8. The molecule has 0 bridgehead atoms. The number of hydrogen-bond donors (Lipinski definition) is 2. The van der Waals surface area contributed by atoms with Crippen LogP contribution in [0.25, 0.3) is 10.2 Å². The van der Waals surface area contributed by atoms with Gasteiger partial charge >= 0.3 is 0 Å². The van der Waals surface area contributed by atoms with E-state index in [9.17, 15) is 0 Å². The molecule has 1 aromatic carbocycles. The van der Waals surface area contributed by atoms with E-state index in [-0.39, 0.29) is 6.04 Å². The lowest BCUT2D eigenvalue weighted by Crippen LogP contribution is -2.59. The molecule has 2 aromatic rings. The Hall–Kier alpha value is -0.880. The van der Waals surface area contributed by atoms with Gasteiger partial charge in [0.05, 0.1) is 16.3 Å². The number of piperazine rings is 1. The molecule has 1 aliphatic rings. The summed E-state index contributed by atoms with van der Waals surface area (Å²) in [5.74, 6) is 0. The summed E-state index contributed by atoms with van der Waals surface area (Å²) in [5.41, 5.74) is 7.39. The lowest BCUT2D eigenvalue weighted by atomic mass is 10.0. The predicted molar refractivity (Wildman–Crippen MR) is 91.5 cm³/mol. The number of nitrogens with zero attached hydrogens (tertiary/aromatic N) is 2. The molecule has 1 aromatic heterocycles. The van der Waals surface area contributed by atoms with Crippen LogP contribution >= 0.6 is 22.9 Å². The van der Waals surface area contributed by atoms with Crippen LogP contribution < -0.4 is 16.0 Å². The smallest absolute Gasteiger partial charge is 0.186 e. The number of nitrogens with two attached hydrogens (primary N) is 1. The van der Waals surface area contributed by atoms with Crippen molar-refractivity contribution in [2.24, 2.45) is 5.73 Å². The fourth-order valence-electron chi connectivity index (χ4n) is 2.88. The second kappa shape index (κ2) is 6.48. The molecule has 21 heavy (non-hydrogen) atoms. The van der Waals surface area contributed by atoms with Crippen molar-refractivity contribution in [3.8, 4) is 0 Å². The molecule has 1 aliphatic heterocycles. The first-order chi connectivity index (χ1) is 10.2. The zero-order valence-corrected chi connectivity index (χ0v) is 13.8. The van der Waals surface area contributed by atoms with E-state index in [2.05, 4.69) is 17.1 Å². The Morgan fingerprint density at radius 3 is 3.24 bits per heavy atom. The molecular formula is C15H21ClN4S. The van der Waals surface area contributed by atoms with E-state index in [0.29, 0.717) is 6.04 Å². The van der Waals surface area contributed by atoms with Crippen molar-refractivity contribution < 1.29 is 0 Å². The van der Waals surface area contributed by atoms with Crippen molar-refractivity contribution in [1.82, 2.24) is 10.3 Å².